The number of aromatic amines is 1. The van der Waals surface area contributed by atoms with Crippen LogP contribution in [0.5, 0.6) is 0 Å². The van der Waals surface area contributed by atoms with Crippen LogP contribution in [-0.4, -0.2) is 15.2 Å². The molecule has 0 radical (unpaired) electrons. The van der Waals surface area contributed by atoms with Gasteiger partial charge in [0.1, 0.15) is 0 Å². The van der Waals surface area contributed by atoms with Crippen molar-refractivity contribution in [1.29, 1.82) is 0 Å². The monoisotopic (exact) mass is 285 g/mol. The van der Waals surface area contributed by atoms with Gasteiger partial charge in [-0.05, 0) is 49.1 Å². The summed E-state index contributed by atoms with van der Waals surface area (Å²) in [4.78, 5) is 4.98. The van der Waals surface area contributed by atoms with Crippen LogP contribution >= 0.6 is 0 Å². The summed E-state index contributed by atoms with van der Waals surface area (Å²) in [6.45, 7) is 2.13. The summed E-state index contributed by atoms with van der Waals surface area (Å²) >= 11 is 0. The fourth-order valence-electron chi connectivity index (χ4n) is 3.53. The van der Waals surface area contributed by atoms with Gasteiger partial charge in [0.05, 0.1) is 22.9 Å². The lowest BCUT2D eigenvalue weighted by Crippen LogP contribution is -2.13. The lowest BCUT2D eigenvalue weighted by Gasteiger charge is -2.24. The normalized spacial score (nSPS) is 13.3. The van der Waals surface area contributed by atoms with Crippen molar-refractivity contribution < 1.29 is 0 Å². The molecule has 0 saturated carbocycles. The van der Waals surface area contributed by atoms with Gasteiger partial charge in [-0.25, -0.2) is 4.98 Å². The van der Waals surface area contributed by atoms with Gasteiger partial charge in [0, 0.05) is 16.3 Å². The van der Waals surface area contributed by atoms with Gasteiger partial charge in [-0.3, -0.25) is 5.10 Å². The molecule has 0 aliphatic heterocycles. The number of aryl methyl sites for hydroxylation is 2. The van der Waals surface area contributed by atoms with Crippen LogP contribution in [0.4, 0.5) is 0 Å². The fourth-order valence-corrected chi connectivity index (χ4v) is 3.53. The average Bonchev–Trinajstić information content (AvgIpc) is 2.95. The van der Waals surface area contributed by atoms with Crippen LogP contribution < -0.4 is 0 Å². The number of hydrogen-bond donors (Lipinski definition) is 1. The minimum absolute atomic E-state index is 1.06. The second kappa shape index (κ2) is 4.17. The first-order valence-electron chi connectivity index (χ1n) is 7.66. The predicted octanol–water partition coefficient (Wildman–Crippen LogP) is 4.19. The van der Waals surface area contributed by atoms with E-state index >= 15 is 0 Å². The summed E-state index contributed by atoms with van der Waals surface area (Å²) in [6.07, 6.45) is 4.13. The molecule has 4 aromatic rings. The number of hydrogen-bond acceptors (Lipinski definition) is 2. The zero-order valence-corrected chi connectivity index (χ0v) is 12.4. The van der Waals surface area contributed by atoms with Gasteiger partial charge < -0.3 is 0 Å². The molecule has 5 rings (SSSR count). The SMILES string of the molecule is Cc1cccc(-c2nc3ccc4cn[nH]c4c3c3c2CC3)c1. The van der Waals surface area contributed by atoms with Gasteiger partial charge in [-0.15, -0.1) is 0 Å². The number of nitrogens with zero attached hydrogens (tertiary/aromatic N) is 2. The Labute approximate surface area is 128 Å². The smallest absolute Gasteiger partial charge is 0.0747 e. The highest BCUT2D eigenvalue weighted by Gasteiger charge is 2.24. The quantitative estimate of drug-likeness (QED) is 0.570. The second-order valence-corrected chi connectivity index (χ2v) is 6.08. The Hall–Kier alpha value is -2.68. The molecule has 106 valence electrons. The molecule has 0 unspecified atom stereocenters. The lowest BCUT2D eigenvalue weighted by atomic mass is 9.82. The molecule has 0 bridgehead atoms. The van der Waals surface area contributed by atoms with Crippen LogP contribution in [0.25, 0.3) is 33.1 Å². The predicted molar refractivity (Wildman–Crippen MR) is 89.0 cm³/mol. The summed E-state index contributed by atoms with van der Waals surface area (Å²) in [5, 5.41) is 9.74. The van der Waals surface area contributed by atoms with E-state index in [2.05, 4.69) is 53.5 Å². The molecule has 22 heavy (non-hydrogen) atoms. The molecule has 1 aliphatic carbocycles. The van der Waals surface area contributed by atoms with Gasteiger partial charge in [0.15, 0.2) is 0 Å². The van der Waals surface area contributed by atoms with Crippen LogP contribution in [0.2, 0.25) is 0 Å². The summed E-state index contributed by atoms with van der Waals surface area (Å²) in [5.41, 5.74) is 8.68. The first-order chi connectivity index (χ1) is 10.8. The summed E-state index contributed by atoms with van der Waals surface area (Å²) < 4.78 is 0. The largest absolute Gasteiger partial charge is 0.277 e. The molecule has 0 atom stereocenters. The van der Waals surface area contributed by atoms with E-state index in [-0.39, 0.29) is 0 Å². The van der Waals surface area contributed by atoms with E-state index in [0.717, 1.165) is 35.0 Å². The van der Waals surface area contributed by atoms with Crippen molar-refractivity contribution in [2.45, 2.75) is 19.8 Å². The Bertz CT molecular complexity index is 1040. The van der Waals surface area contributed by atoms with Crippen molar-refractivity contribution in [3.63, 3.8) is 0 Å². The Morgan fingerprint density at radius 2 is 1.95 bits per heavy atom. The number of benzene rings is 2. The average molecular weight is 285 g/mol. The van der Waals surface area contributed by atoms with Crippen LogP contribution in [-0.2, 0) is 12.8 Å². The first kappa shape index (κ1) is 11.9. The molecule has 1 aliphatic rings. The maximum atomic E-state index is 4.98. The van der Waals surface area contributed by atoms with Crippen molar-refractivity contribution in [3.05, 3.63) is 59.3 Å². The zero-order valence-electron chi connectivity index (χ0n) is 12.4. The Balaban J connectivity index is 1.88. The lowest BCUT2D eigenvalue weighted by molar-refractivity contribution is 0.846. The highest BCUT2D eigenvalue weighted by atomic mass is 15.1. The zero-order chi connectivity index (χ0) is 14.7. The third kappa shape index (κ3) is 1.51. The number of fused-ring (bicyclic) bond motifs is 5. The number of H-pyrrole nitrogens is 1. The Morgan fingerprint density at radius 1 is 1.05 bits per heavy atom. The van der Waals surface area contributed by atoms with Gasteiger partial charge in [0.2, 0.25) is 0 Å². The summed E-state index contributed by atoms with van der Waals surface area (Å²) in [7, 11) is 0. The number of pyridine rings is 1. The minimum Gasteiger partial charge on any atom is -0.277 e. The van der Waals surface area contributed by atoms with Gasteiger partial charge >= 0.3 is 0 Å². The highest BCUT2D eigenvalue weighted by Crippen LogP contribution is 2.39. The van der Waals surface area contributed by atoms with Gasteiger partial charge in [0.25, 0.3) is 0 Å². The molecule has 0 saturated heterocycles. The highest BCUT2D eigenvalue weighted by molar-refractivity contribution is 6.07. The number of nitrogens with one attached hydrogen (secondary N) is 1. The van der Waals surface area contributed by atoms with Crippen molar-refractivity contribution >= 4 is 21.8 Å². The molecule has 0 spiro atoms. The molecule has 2 aromatic heterocycles. The Kier molecular flexibility index (Phi) is 2.26. The van der Waals surface area contributed by atoms with Gasteiger partial charge in [-0.2, -0.15) is 5.10 Å². The first-order valence-corrected chi connectivity index (χ1v) is 7.66. The van der Waals surface area contributed by atoms with Crippen molar-refractivity contribution in [2.24, 2.45) is 0 Å². The molecule has 2 aromatic carbocycles. The van der Waals surface area contributed by atoms with Crippen LogP contribution in [0.1, 0.15) is 16.7 Å². The molecular formula is C19H15N3. The molecule has 3 heteroatoms. The van der Waals surface area contributed by atoms with E-state index in [9.17, 15) is 0 Å². The number of rotatable bonds is 1. The van der Waals surface area contributed by atoms with E-state index in [4.69, 9.17) is 4.98 Å². The van der Waals surface area contributed by atoms with Crippen molar-refractivity contribution in [1.82, 2.24) is 15.2 Å². The molecule has 2 heterocycles. The van der Waals surface area contributed by atoms with Crippen LogP contribution in [0.3, 0.4) is 0 Å². The minimum atomic E-state index is 1.06. The molecular weight excluding hydrogens is 270 g/mol. The molecule has 3 nitrogen and oxygen atoms in total. The van der Waals surface area contributed by atoms with Gasteiger partial charge in [-0.1, -0.05) is 23.8 Å². The third-order valence-corrected chi connectivity index (χ3v) is 4.70. The van der Waals surface area contributed by atoms with E-state index < -0.39 is 0 Å². The van der Waals surface area contributed by atoms with E-state index in [0.29, 0.717) is 0 Å². The van der Waals surface area contributed by atoms with Crippen LogP contribution in [0, 0.1) is 6.92 Å². The molecule has 0 fully saturated rings. The van der Waals surface area contributed by atoms with E-state index in [1.165, 1.54) is 27.6 Å². The topological polar surface area (TPSA) is 41.6 Å². The summed E-state index contributed by atoms with van der Waals surface area (Å²) in [6, 6.07) is 12.8. The number of aromatic nitrogens is 3. The molecule has 1 N–H and O–H groups in total. The van der Waals surface area contributed by atoms with E-state index in [1.54, 1.807) is 0 Å². The maximum absolute atomic E-state index is 4.98. The molecule has 0 amide bonds. The van der Waals surface area contributed by atoms with Crippen molar-refractivity contribution in [3.8, 4) is 11.3 Å². The third-order valence-electron chi connectivity index (χ3n) is 4.70. The van der Waals surface area contributed by atoms with Crippen LogP contribution in [0.15, 0.2) is 42.6 Å². The second-order valence-electron chi connectivity index (χ2n) is 6.08. The fraction of sp³-hybridized carbons (Fsp3) is 0.158. The Morgan fingerprint density at radius 3 is 2.77 bits per heavy atom. The van der Waals surface area contributed by atoms with Crippen molar-refractivity contribution in [2.75, 3.05) is 0 Å². The van der Waals surface area contributed by atoms with E-state index in [1.807, 2.05) is 6.20 Å². The summed E-state index contributed by atoms with van der Waals surface area (Å²) in [5.74, 6) is 0. The standard InChI is InChI=1S/C19H15N3/c1-11-3-2-4-12(9-11)18-15-7-6-14(15)17-16(21-18)8-5-13-10-20-22-19(13)17/h2-5,8-10H,6-7H2,1H3,(H,20,22). The maximum Gasteiger partial charge on any atom is 0.0747 e.